The van der Waals surface area contributed by atoms with Gasteiger partial charge in [0.15, 0.2) is 5.16 Å². The molecule has 0 unspecified atom stereocenters. The Morgan fingerprint density at radius 3 is 2.90 bits per heavy atom. The summed E-state index contributed by atoms with van der Waals surface area (Å²) in [5.41, 5.74) is 1.89. The van der Waals surface area contributed by atoms with Crippen molar-refractivity contribution < 1.29 is 9.90 Å². The van der Waals surface area contributed by atoms with E-state index in [-0.39, 0.29) is 5.75 Å². The van der Waals surface area contributed by atoms with Crippen LogP contribution in [0.25, 0.3) is 11.0 Å². The lowest BCUT2D eigenvalue weighted by molar-refractivity contribution is -0.133. The first kappa shape index (κ1) is 13.8. The van der Waals surface area contributed by atoms with Crippen LogP contribution in [-0.2, 0) is 4.79 Å². The summed E-state index contributed by atoms with van der Waals surface area (Å²) in [4.78, 5) is 15.4. The van der Waals surface area contributed by atoms with Gasteiger partial charge in [0.05, 0.1) is 16.8 Å². The van der Waals surface area contributed by atoms with Gasteiger partial charge in [-0.05, 0) is 31.0 Å². The number of benzene rings is 1. The van der Waals surface area contributed by atoms with Crippen molar-refractivity contribution in [1.82, 2.24) is 9.55 Å². The zero-order valence-corrected chi connectivity index (χ0v) is 12.5. The van der Waals surface area contributed by atoms with E-state index in [4.69, 9.17) is 16.7 Å². The van der Waals surface area contributed by atoms with Crippen molar-refractivity contribution in [1.29, 1.82) is 0 Å². The van der Waals surface area contributed by atoms with E-state index in [9.17, 15) is 4.79 Å². The second kappa shape index (κ2) is 5.66. The lowest BCUT2D eigenvalue weighted by atomic mass is 10.2. The number of aliphatic carboxylic acids is 1. The zero-order valence-electron chi connectivity index (χ0n) is 10.9. The molecule has 0 amide bonds. The first-order chi connectivity index (χ1) is 9.65. The smallest absolute Gasteiger partial charge is 0.313 e. The third kappa shape index (κ3) is 2.65. The fourth-order valence-corrected chi connectivity index (χ4v) is 3.76. The largest absolute Gasteiger partial charge is 0.481 e. The van der Waals surface area contributed by atoms with Gasteiger partial charge in [-0.1, -0.05) is 36.2 Å². The summed E-state index contributed by atoms with van der Waals surface area (Å²) in [6, 6.07) is 6.05. The van der Waals surface area contributed by atoms with Gasteiger partial charge < -0.3 is 9.67 Å². The maximum Gasteiger partial charge on any atom is 0.313 e. The van der Waals surface area contributed by atoms with Gasteiger partial charge in [-0.25, -0.2) is 4.98 Å². The number of aromatic nitrogens is 2. The van der Waals surface area contributed by atoms with E-state index < -0.39 is 5.97 Å². The topological polar surface area (TPSA) is 55.1 Å². The van der Waals surface area contributed by atoms with Crippen molar-refractivity contribution in [2.24, 2.45) is 0 Å². The Morgan fingerprint density at radius 2 is 2.20 bits per heavy atom. The molecule has 3 rings (SSSR count). The van der Waals surface area contributed by atoms with Gasteiger partial charge in [-0.15, -0.1) is 0 Å². The van der Waals surface area contributed by atoms with E-state index in [1.807, 2.05) is 18.2 Å². The first-order valence-corrected chi connectivity index (χ1v) is 8.03. The van der Waals surface area contributed by atoms with Crippen LogP contribution < -0.4 is 0 Å². The molecule has 1 fully saturated rings. The van der Waals surface area contributed by atoms with Crippen LogP contribution in [0.3, 0.4) is 0 Å². The molecule has 1 heterocycles. The van der Waals surface area contributed by atoms with E-state index >= 15 is 0 Å². The molecule has 1 aliphatic carbocycles. The molecule has 0 spiro atoms. The number of hydrogen-bond donors (Lipinski definition) is 1. The normalized spacial score (nSPS) is 16.1. The van der Waals surface area contributed by atoms with E-state index in [1.165, 1.54) is 24.6 Å². The highest BCUT2D eigenvalue weighted by Crippen LogP contribution is 2.37. The summed E-state index contributed by atoms with van der Waals surface area (Å²) in [5.74, 6) is -0.790. The SMILES string of the molecule is O=C(O)CSc1nc2ccc(Cl)cc2n1C1CCCC1. The Kier molecular flexibility index (Phi) is 3.89. The van der Waals surface area contributed by atoms with E-state index in [1.54, 1.807) is 0 Å². The summed E-state index contributed by atoms with van der Waals surface area (Å²) in [7, 11) is 0. The predicted molar refractivity (Wildman–Crippen MR) is 80.6 cm³/mol. The quantitative estimate of drug-likeness (QED) is 0.868. The molecule has 1 aromatic heterocycles. The molecule has 1 N–H and O–H groups in total. The molecule has 0 saturated heterocycles. The molecule has 20 heavy (non-hydrogen) atoms. The molecule has 1 aliphatic rings. The predicted octanol–water partition coefficient (Wildman–Crippen LogP) is 3.98. The van der Waals surface area contributed by atoms with Gasteiger partial charge in [-0.3, -0.25) is 4.79 Å². The first-order valence-electron chi connectivity index (χ1n) is 6.67. The van der Waals surface area contributed by atoms with Crippen LogP contribution in [-0.4, -0.2) is 26.4 Å². The lowest BCUT2D eigenvalue weighted by Crippen LogP contribution is -2.07. The van der Waals surface area contributed by atoms with Crippen LogP contribution in [0, 0.1) is 0 Å². The van der Waals surface area contributed by atoms with Gasteiger partial charge in [0.2, 0.25) is 0 Å². The molecule has 0 aliphatic heterocycles. The second-order valence-electron chi connectivity index (χ2n) is 5.02. The van der Waals surface area contributed by atoms with Gasteiger partial charge in [0.1, 0.15) is 0 Å². The van der Waals surface area contributed by atoms with E-state index in [0.717, 1.165) is 29.0 Å². The molecular formula is C14H15ClN2O2S. The van der Waals surface area contributed by atoms with E-state index in [2.05, 4.69) is 9.55 Å². The van der Waals surface area contributed by atoms with Crippen LogP contribution in [0.2, 0.25) is 5.02 Å². The fourth-order valence-electron chi connectivity index (χ4n) is 2.79. The molecule has 0 bridgehead atoms. The number of halogens is 1. The Hall–Kier alpha value is -1.20. The Morgan fingerprint density at radius 1 is 1.45 bits per heavy atom. The van der Waals surface area contributed by atoms with Crippen LogP contribution in [0.5, 0.6) is 0 Å². The van der Waals surface area contributed by atoms with Crippen molar-refractivity contribution in [3.63, 3.8) is 0 Å². The zero-order chi connectivity index (χ0) is 14.1. The minimum atomic E-state index is -0.821. The average molecular weight is 311 g/mol. The highest BCUT2D eigenvalue weighted by Gasteiger charge is 2.23. The summed E-state index contributed by atoms with van der Waals surface area (Å²) >= 11 is 7.37. The monoisotopic (exact) mass is 310 g/mol. The standard InChI is InChI=1S/C14H15ClN2O2S/c15-9-5-6-11-12(7-9)17(10-3-1-2-4-10)14(16-11)20-8-13(18)19/h5-7,10H,1-4,8H2,(H,18,19). The Labute approximate surface area is 126 Å². The minimum Gasteiger partial charge on any atom is -0.481 e. The molecule has 1 aromatic carbocycles. The number of hydrogen-bond acceptors (Lipinski definition) is 3. The van der Waals surface area contributed by atoms with Crippen LogP contribution >= 0.6 is 23.4 Å². The van der Waals surface area contributed by atoms with Crippen LogP contribution in [0.15, 0.2) is 23.4 Å². The number of rotatable bonds is 4. The van der Waals surface area contributed by atoms with Crippen molar-refractivity contribution >= 4 is 40.4 Å². The van der Waals surface area contributed by atoms with Gasteiger partial charge >= 0.3 is 5.97 Å². The third-order valence-electron chi connectivity index (χ3n) is 3.63. The Bertz CT molecular complexity index is 650. The maximum atomic E-state index is 10.8. The highest BCUT2D eigenvalue weighted by atomic mass is 35.5. The molecule has 1 saturated carbocycles. The lowest BCUT2D eigenvalue weighted by Gasteiger charge is -2.15. The fraction of sp³-hybridized carbons (Fsp3) is 0.429. The molecule has 106 valence electrons. The van der Waals surface area contributed by atoms with E-state index in [0.29, 0.717) is 11.1 Å². The molecule has 0 atom stereocenters. The van der Waals surface area contributed by atoms with Crippen LogP contribution in [0.4, 0.5) is 0 Å². The second-order valence-corrected chi connectivity index (χ2v) is 6.40. The van der Waals surface area contributed by atoms with Crippen molar-refractivity contribution in [2.75, 3.05) is 5.75 Å². The summed E-state index contributed by atoms with van der Waals surface area (Å²) in [6.45, 7) is 0. The molecule has 6 heteroatoms. The molecule has 2 aromatic rings. The highest BCUT2D eigenvalue weighted by molar-refractivity contribution is 7.99. The van der Waals surface area contributed by atoms with Gasteiger partial charge in [0.25, 0.3) is 0 Å². The molecule has 4 nitrogen and oxygen atoms in total. The maximum absolute atomic E-state index is 10.8. The molecular weight excluding hydrogens is 296 g/mol. The number of carboxylic acid groups (broad SMARTS) is 1. The number of carbonyl (C=O) groups is 1. The third-order valence-corrected chi connectivity index (χ3v) is 4.81. The minimum absolute atomic E-state index is 0.0315. The molecule has 0 radical (unpaired) electrons. The van der Waals surface area contributed by atoms with Crippen LogP contribution in [0.1, 0.15) is 31.7 Å². The average Bonchev–Trinajstić information content (AvgIpc) is 3.02. The van der Waals surface area contributed by atoms with Gasteiger partial charge in [0, 0.05) is 11.1 Å². The number of fused-ring (bicyclic) bond motifs is 1. The number of thioether (sulfide) groups is 1. The van der Waals surface area contributed by atoms with Crippen molar-refractivity contribution in [3.8, 4) is 0 Å². The number of imidazole rings is 1. The Balaban J connectivity index is 2.06. The number of nitrogens with zero attached hydrogens (tertiary/aromatic N) is 2. The number of carboxylic acids is 1. The van der Waals surface area contributed by atoms with Crippen molar-refractivity contribution in [3.05, 3.63) is 23.2 Å². The summed E-state index contributed by atoms with van der Waals surface area (Å²) in [6.07, 6.45) is 4.68. The van der Waals surface area contributed by atoms with Crippen molar-refractivity contribution in [2.45, 2.75) is 36.9 Å². The van der Waals surface area contributed by atoms with Gasteiger partial charge in [-0.2, -0.15) is 0 Å². The summed E-state index contributed by atoms with van der Waals surface area (Å²) < 4.78 is 2.18. The summed E-state index contributed by atoms with van der Waals surface area (Å²) in [5, 5.41) is 10.3.